The van der Waals surface area contributed by atoms with E-state index in [2.05, 4.69) is 26.2 Å². The Labute approximate surface area is 254 Å². The molecular formula is C27H29BrCl2N4O7. The normalized spacial score (nSPS) is 28.1. The molecule has 14 heteroatoms. The molecule has 3 aromatic rings. The monoisotopic (exact) mass is 670 g/mol. The highest BCUT2D eigenvalue weighted by Crippen LogP contribution is 2.36. The second-order valence-corrected chi connectivity index (χ2v) is 11.8. The number of halogens is 3. The molecule has 0 spiro atoms. The first kappa shape index (κ1) is 30.3. The molecule has 41 heavy (non-hydrogen) atoms. The number of carbonyl (C=O) groups excluding carboxylic acids is 1. The number of aliphatic hydroxyl groups excluding tert-OH is 3. The van der Waals surface area contributed by atoms with E-state index in [1.54, 1.807) is 30.5 Å². The Morgan fingerprint density at radius 3 is 2.61 bits per heavy atom. The van der Waals surface area contributed by atoms with Gasteiger partial charge in [0, 0.05) is 22.8 Å². The zero-order valence-electron chi connectivity index (χ0n) is 22.1. The molecule has 5 rings (SSSR count). The summed E-state index contributed by atoms with van der Waals surface area (Å²) in [6, 6.07) is 8.80. The molecule has 2 saturated heterocycles. The van der Waals surface area contributed by atoms with Gasteiger partial charge in [-0.1, -0.05) is 50.4 Å². The van der Waals surface area contributed by atoms with Crippen LogP contribution >= 0.6 is 39.1 Å². The summed E-state index contributed by atoms with van der Waals surface area (Å²) in [6.45, 7) is 1.49. The van der Waals surface area contributed by atoms with Gasteiger partial charge in [-0.05, 0) is 42.8 Å². The minimum absolute atomic E-state index is 0.0672. The maximum absolute atomic E-state index is 14.4. The average Bonchev–Trinajstić information content (AvgIpc) is 3.59. The van der Waals surface area contributed by atoms with E-state index in [4.69, 9.17) is 37.4 Å². The summed E-state index contributed by atoms with van der Waals surface area (Å²) < 4.78 is 19.4. The Morgan fingerprint density at radius 2 is 1.98 bits per heavy atom. The molecule has 0 radical (unpaired) electrons. The number of benzene rings is 2. The van der Waals surface area contributed by atoms with Crippen LogP contribution in [-0.4, -0.2) is 99.7 Å². The Bertz CT molecular complexity index is 1390. The molecule has 0 unspecified atom stereocenters. The van der Waals surface area contributed by atoms with Crippen LogP contribution in [0.25, 0.3) is 11.3 Å². The maximum atomic E-state index is 14.4. The number of rotatable bonds is 7. The van der Waals surface area contributed by atoms with Gasteiger partial charge in [0.15, 0.2) is 6.10 Å². The smallest absolute Gasteiger partial charge is 0.259 e. The number of carbonyl (C=O) groups is 1. The fourth-order valence-electron chi connectivity index (χ4n) is 5.32. The topological polar surface area (TPSA) is 139 Å². The van der Waals surface area contributed by atoms with E-state index in [0.29, 0.717) is 27.0 Å². The second kappa shape index (κ2) is 12.6. The van der Waals surface area contributed by atoms with Crippen molar-refractivity contribution in [3.63, 3.8) is 0 Å². The van der Waals surface area contributed by atoms with E-state index in [-0.39, 0.29) is 13.2 Å². The first-order valence-electron chi connectivity index (χ1n) is 12.8. The van der Waals surface area contributed by atoms with E-state index in [1.807, 2.05) is 19.1 Å². The Hall–Kier alpha value is -2.13. The summed E-state index contributed by atoms with van der Waals surface area (Å²) >= 11 is 15.7. The van der Waals surface area contributed by atoms with Gasteiger partial charge in [-0.3, -0.25) is 4.79 Å². The van der Waals surface area contributed by atoms with Crippen molar-refractivity contribution < 1.29 is 34.3 Å². The third-order valence-corrected chi connectivity index (χ3v) is 8.51. The zero-order valence-corrected chi connectivity index (χ0v) is 25.2. The van der Waals surface area contributed by atoms with Gasteiger partial charge in [-0.2, -0.15) is 0 Å². The van der Waals surface area contributed by atoms with Crippen LogP contribution < -0.4 is 4.90 Å². The van der Waals surface area contributed by atoms with Crippen LogP contribution in [-0.2, 0) is 19.0 Å². The van der Waals surface area contributed by atoms with Crippen molar-refractivity contribution in [1.82, 2.24) is 15.0 Å². The number of amides is 1. The number of aliphatic hydroxyl groups is 3. The lowest BCUT2D eigenvalue weighted by Gasteiger charge is -2.45. The quantitative estimate of drug-likeness (QED) is 0.346. The summed E-state index contributed by atoms with van der Waals surface area (Å²) in [5, 5.41) is 41.2. The molecule has 2 aromatic carbocycles. The largest absolute Gasteiger partial charge is 0.394 e. The standard InChI is InChI=1S/C27H29BrCl2N4O7/c1-13-5-15(28)8-16(6-13)34(20-11-40-12-21(20)36)27(38)26-25(39-2)23(24(37)22(10-35)41-26)33-9-19(31-32-33)14-3-4-17(29)18(30)7-14/h3-9,20-26,35-37H,10-12H2,1-2H3/t20-,21-,22-,23+,24+,25-,26-/m1/s1. The number of aryl methyl sites for hydroxylation is 1. The van der Waals surface area contributed by atoms with Crippen LogP contribution in [0.4, 0.5) is 5.69 Å². The number of ether oxygens (including phenoxy) is 3. The molecule has 2 aliphatic rings. The lowest BCUT2D eigenvalue weighted by atomic mass is 9.91. The molecule has 0 saturated carbocycles. The van der Waals surface area contributed by atoms with Crippen LogP contribution in [0.3, 0.4) is 0 Å². The predicted octanol–water partition coefficient (Wildman–Crippen LogP) is 2.79. The van der Waals surface area contributed by atoms with E-state index < -0.39 is 55.1 Å². The lowest BCUT2D eigenvalue weighted by molar-refractivity contribution is -0.211. The minimum atomic E-state index is -1.31. The Balaban J connectivity index is 1.54. The van der Waals surface area contributed by atoms with Crippen molar-refractivity contribution in [3.8, 4) is 11.3 Å². The van der Waals surface area contributed by atoms with Gasteiger partial charge in [-0.25, -0.2) is 4.68 Å². The third-order valence-electron chi connectivity index (χ3n) is 7.31. The molecule has 3 N–H and O–H groups in total. The summed E-state index contributed by atoms with van der Waals surface area (Å²) in [6.07, 6.45) is -4.16. The number of methoxy groups -OCH3 is 1. The maximum Gasteiger partial charge on any atom is 0.259 e. The molecular weight excluding hydrogens is 643 g/mol. The molecule has 220 valence electrons. The van der Waals surface area contributed by atoms with Crippen molar-refractivity contribution >= 4 is 50.7 Å². The van der Waals surface area contributed by atoms with Crippen molar-refractivity contribution in [3.05, 3.63) is 62.7 Å². The van der Waals surface area contributed by atoms with E-state index in [0.717, 1.165) is 10.0 Å². The number of anilines is 1. The molecule has 11 nitrogen and oxygen atoms in total. The summed E-state index contributed by atoms with van der Waals surface area (Å²) in [5.41, 5.74) is 2.48. The molecule has 2 aliphatic heterocycles. The summed E-state index contributed by atoms with van der Waals surface area (Å²) in [7, 11) is 1.39. The van der Waals surface area contributed by atoms with Gasteiger partial charge in [0.05, 0.1) is 42.1 Å². The molecule has 0 bridgehead atoms. The molecule has 2 fully saturated rings. The number of aromatic nitrogens is 3. The molecule has 1 amide bonds. The fraction of sp³-hybridized carbons (Fsp3) is 0.444. The first-order chi connectivity index (χ1) is 19.6. The van der Waals surface area contributed by atoms with Crippen molar-refractivity contribution in [2.24, 2.45) is 0 Å². The third kappa shape index (κ3) is 6.03. The highest BCUT2D eigenvalue weighted by Gasteiger charge is 2.52. The summed E-state index contributed by atoms with van der Waals surface area (Å²) in [4.78, 5) is 15.8. The van der Waals surface area contributed by atoms with Gasteiger partial charge in [0.2, 0.25) is 0 Å². The zero-order chi connectivity index (χ0) is 29.4. The van der Waals surface area contributed by atoms with Gasteiger partial charge < -0.3 is 34.4 Å². The second-order valence-electron chi connectivity index (χ2n) is 10.0. The minimum Gasteiger partial charge on any atom is -0.394 e. The van der Waals surface area contributed by atoms with Crippen molar-refractivity contribution in [2.75, 3.05) is 31.8 Å². The highest BCUT2D eigenvalue weighted by atomic mass is 79.9. The van der Waals surface area contributed by atoms with Crippen LogP contribution in [0.15, 0.2) is 47.1 Å². The Morgan fingerprint density at radius 1 is 1.20 bits per heavy atom. The van der Waals surface area contributed by atoms with Crippen molar-refractivity contribution in [1.29, 1.82) is 0 Å². The molecule has 7 atom stereocenters. The van der Waals surface area contributed by atoms with Crippen molar-refractivity contribution in [2.45, 2.75) is 49.5 Å². The first-order valence-corrected chi connectivity index (χ1v) is 14.4. The number of nitrogens with zero attached hydrogens (tertiary/aromatic N) is 4. The predicted molar refractivity (Wildman–Crippen MR) is 154 cm³/mol. The summed E-state index contributed by atoms with van der Waals surface area (Å²) in [5.74, 6) is -0.538. The SMILES string of the molecule is CO[C@@H]1[C@@H](n2cc(-c3ccc(Cl)c(Cl)c3)nn2)[C@@H](O)[C@@H](CO)O[C@H]1C(=O)N(c1cc(C)cc(Br)c1)[C@@H]1COC[C@H]1O. The number of hydrogen-bond donors (Lipinski definition) is 3. The molecule has 1 aromatic heterocycles. The van der Waals surface area contributed by atoms with E-state index in [1.165, 1.54) is 16.7 Å². The van der Waals surface area contributed by atoms with E-state index in [9.17, 15) is 20.1 Å². The van der Waals surface area contributed by atoms with Gasteiger partial charge in [0.25, 0.3) is 5.91 Å². The lowest BCUT2D eigenvalue weighted by Crippen LogP contribution is -2.63. The van der Waals surface area contributed by atoms with Crippen LogP contribution in [0.1, 0.15) is 11.6 Å². The Kier molecular flexibility index (Phi) is 9.34. The van der Waals surface area contributed by atoms with Gasteiger partial charge in [0.1, 0.15) is 36.2 Å². The van der Waals surface area contributed by atoms with Gasteiger partial charge >= 0.3 is 0 Å². The molecule has 3 heterocycles. The average molecular weight is 672 g/mol. The van der Waals surface area contributed by atoms with Crippen LogP contribution in [0.5, 0.6) is 0 Å². The van der Waals surface area contributed by atoms with Gasteiger partial charge in [-0.15, -0.1) is 5.10 Å². The van der Waals surface area contributed by atoms with Crippen LogP contribution in [0, 0.1) is 6.92 Å². The van der Waals surface area contributed by atoms with Crippen LogP contribution in [0.2, 0.25) is 10.0 Å². The highest BCUT2D eigenvalue weighted by molar-refractivity contribution is 9.10. The van der Waals surface area contributed by atoms with E-state index >= 15 is 0 Å². The fourth-order valence-corrected chi connectivity index (χ4v) is 6.22. The number of hydrogen-bond acceptors (Lipinski definition) is 9. The molecule has 0 aliphatic carbocycles.